The third-order valence-corrected chi connectivity index (χ3v) is 2.98. The zero-order chi connectivity index (χ0) is 14.3. The number of halogens is 8. The Labute approximate surface area is 107 Å². The Kier molecular flexibility index (Phi) is 4.10. The van der Waals surface area contributed by atoms with E-state index < -0.39 is 34.5 Å². The van der Waals surface area contributed by atoms with Crippen LogP contribution in [0.15, 0.2) is 12.1 Å². The summed E-state index contributed by atoms with van der Waals surface area (Å²) in [7, 11) is 0. The van der Waals surface area contributed by atoms with Crippen LogP contribution < -0.4 is 5.73 Å². The molecule has 1 aromatic carbocycles. The first-order valence-corrected chi connectivity index (χ1v) is 5.09. The summed E-state index contributed by atoms with van der Waals surface area (Å²) in [5, 5.41) is -1.14. The summed E-state index contributed by atoms with van der Waals surface area (Å²) in [5.41, 5.74) is 3.60. The van der Waals surface area contributed by atoms with Gasteiger partial charge in [-0.25, -0.2) is 4.39 Å². The number of nitrogens with two attached hydrogens (primary N) is 1. The average molecular weight is 312 g/mol. The van der Waals surface area contributed by atoms with Gasteiger partial charge in [0, 0.05) is 5.56 Å². The Morgan fingerprint density at radius 3 is 2.00 bits per heavy atom. The number of hydrogen-bond donors (Lipinski definition) is 1. The molecule has 0 spiro atoms. The molecule has 0 saturated carbocycles. The third-order valence-electron chi connectivity index (χ3n) is 2.16. The molecule has 0 fully saturated rings. The van der Waals surface area contributed by atoms with Crippen molar-refractivity contribution in [3.63, 3.8) is 0 Å². The van der Waals surface area contributed by atoms with Gasteiger partial charge in [0.2, 0.25) is 0 Å². The molecule has 0 aliphatic rings. The highest BCUT2D eigenvalue weighted by molar-refractivity contribution is 6.42. The zero-order valence-corrected chi connectivity index (χ0v) is 9.84. The normalized spacial score (nSPS) is 14.7. The lowest BCUT2D eigenvalue weighted by molar-refractivity contribution is -0.291. The number of rotatable bonds is 2. The lowest BCUT2D eigenvalue weighted by Gasteiger charge is -2.26. The Hall–Kier alpha value is -0.660. The molecule has 1 nitrogen and oxygen atoms in total. The number of hydrogen-bond acceptors (Lipinski definition) is 1. The second kappa shape index (κ2) is 4.79. The molecule has 0 bridgehead atoms. The summed E-state index contributed by atoms with van der Waals surface area (Å²) in [6.07, 6.45) is -5.93. The molecular formula is C9H5Cl2F6N. The smallest absolute Gasteiger partial charge is 0.319 e. The average Bonchev–Trinajstić information content (AvgIpc) is 2.22. The van der Waals surface area contributed by atoms with Crippen LogP contribution in [0, 0.1) is 5.82 Å². The minimum atomic E-state index is -5.93. The van der Waals surface area contributed by atoms with E-state index in [4.69, 9.17) is 28.9 Å². The van der Waals surface area contributed by atoms with E-state index in [1.165, 1.54) is 0 Å². The zero-order valence-electron chi connectivity index (χ0n) is 8.33. The van der Waals surface area contributed by atoms with Crippen molar-refractivity contribution in [1.82, 2.24) is 0 Å². The molecule has 1 atom stereocenters. The summed E-state index contributed by atoms with van der Waals surface area (Å²) in [6.45, 7) is 0. The standard InChI is InChI=1S/C9H5Cl2F6N/c10-3-1-2-4(12)5(6(3)11)7(18)8(13,14)9(15,16)17/h1-2,7H,18H2/t7-/m1/s1. The Morgan fingerprint density at radius 2 is 1.56 bits per heavy atom. The van der Waals surface area contributed by atoms with E-state index in [0.29, 0.717) is 6.07 Å². The van der Waals surface area contributed by atoms with Crippen LogP contribution >= 0.6 is 23.2 Å². The number of alkyl halides is 5. The second-order valence-corrected chi connectivity index (χ2v) is 4.14. The van der Waals surface area contributed by atoms with Gasteiger partial charge >= 0.3 is 12.1 Å². The second-order valence-electron chi connectivity index (χ2n) is 3.36. The maximum atomic E-state index is 13.3. The monoisotopic (exact) mass is 311 g/mol. The molecule has 0 aliphatic heterocycles. The van der Waals surface area contributed by atoms with Crippen LogP contribution in [0.3, 0.4) is 0 Å². The summed E-state index contributed by atoms with van der Waals surface area (Å²) in [5.74, 6) is -6.72. The van der Waals surface area contributed by atoms with Crippen molar-refractivity contribution in [2.24, 2.45) is 5.73 Å². The predicted octanol–water partition coefficient (Wildman–Crippen LogP) is 4.33. The predicted molar refractivity (Wildman–Crippen MR) is 54.4 cm³/mol. The minimum absolute atomic E-state index is 0.374. The van der Waals surface area contributed by atoms with Crippen LogP contribution in [0.2, 0.25) is 10.0 Å². The molecule has 102 valence electrons. The summed E-state index contributed by atoms with van der Waals surface area (Å²) in [6, 6.07) is -1.46. The molecule has 0 aliphatic carbocycles. The highest BCUT2D eigenvalue weighted by Crippen LogP contribution is 2.46. The van der Waals surface area contributed by atoms with Gasteiger partial charge in [-0.15, -0.1) is 0 Å². The van der Waals surface area contributed by atoms with Crippen LogP contribution in [0.4, 0.5) is 26.3 Å². The van der Waals surface area contributed by atoms with Crippen molar-refractivity contribution in [3.05, 3.63) is 33.6 Å². The van der Waals surface area contributed by atoms with Crippen molar-refractivity contribution in [2.45, 2.75) is 18.1 Å². The molecule has 0 aromatic heterocycles. The van der Waals surface area contributed by atoms with Crippen LogP contribution in [-0.2, 0) is 0 Å². The van der Waals surface area contributed by atoms with E-state index >= 15 is 0 Å². The highest BCUT2D eigenvalue weighted by atomic mass is 35.5. The fraction of sp³-hybridized carbons (Fsp3) is 0.333. The first-order chi connectivity index (χ1) is 8.00. The molecule has 0 heterocycles. The van der Waals surface area contributed by atoms with Crippen molar-refractivity contribution in [1.29, 1.82) is 0 Å². The van der Waals surface area contributed by atoms with Gasteiger partial charge in [-0.2, -0.15) is 22.0 Å². The van der Waals surface area contributed by atoms with E-state index in [-0.39, 0.29) is 5.02 Å². The maximum absolute atomic E-state index is 13.3. The molecule has 1 rings (SSSR count). The van der Waals surface area contributed by atoms with E-state index in [2.05, 4.69) is 0 Å². The maximum Gasteiger partial charge on any atom is 0.455 e. The van der Waals surface area contributed by atoms with E-state index in [9.17, 15) is 26.3 Å². The third kappa shape index (κ3) is 2.53. The molecule has 0 saturated heterocycles. The minimum Gasteiger partial charge on any atom is -0.319 e. The number of benzene rings is 1. The first-order valence-electron chi connectivity index (χ1n) is 4.33. The van der Waals surface area contributed by atoms with Gasteiger partial charge in [0.15, 0.2) is 0 Å². The largest absolute Gasteiger partial charge is 0.455 e. The van der Waals surface area contributed by atoms with Gasteiger partial charge in [-0.1, -0.05) is 23.2 Å². The quantitative estimate of drug-likeness (QED) is 0.638. The Bertz CT molecular complexity index is 459. The van der Waals surface area contributed by atoms with E-state index in [0.717, 1.165) is 6.07 Å². The van der Waals surface area contributed by atoms with Crippen LogP contribution in [-0.4, -0.2) is 12.1 Å². The summed E-state index contributed by atoms with van der Waals surface area (Å²) >= 11 is 10.8. The van der Waals surface area contributed by atoms with Crippen LogP contribution in [0.1, 0.15) is 11.6 Å². The van der Waals surface area contributed by atoms with Crippen LogP contribution in [0.25, 0.3) is 0 Å². The summed E-state index contributed by atoms with van der Waals surface area (Å²) < 4.78 is 75.6. The first kappa shape index (κ1) is 15.4. The van der Waals surface area contributed by atoms with Gasteiger partial charge in [-0.3, -0.25) is 0 Å². The van der Waals surface area contributed by atoms with Gasteiger partial charge in [0.05, 0.1) is 10.0 Å². The van der Waals surface area contributed by atoms with Crippen molar-refractivity contribution in [3.8, 4) is 0 Å². The molecule has 0 unspecified atom stereocenters. The van der Waals surface area contributed by atoms with Gasteiger partial charge in [-0.05, 0) is 12.1 Å². The van der Waals surface area contributed by atoms with E-state index in [1.54, 1.807) is 0 Å². The van der Waals surface area contributed by atoms with E-state index in [1.807, 2.05) is 0 Å². The molecule has 0 radical (unpaired) electrons. The van der Waals surface area contributed by atoms with Crippen molar-refractivity contribution in [2.75, 3.05) is 0 Å². The molecule has 2 N–H and O–H groups in total. The van der Waals surface area contributed by atoms with Gasteiger partial charge in [0.25, 0.3) is 0 Å². The lowest BCUT2D eigenvalue weighted by atomic mass is 10.0. The molecule has 1 aromatic rings. The molecule has 0 amide bonds. The highest BCUT2D eigenvalue weighted by Gasteiger charge is 2.62. The van der Waals surface area contributed by atoms with Gasteiger partial charge in [0.1, 0.15) is 11.9 Å². The fourth-order valence-corrected chi connectivity index (χ4v) is 1.62. The molecular weight excluding hydrogens is 307 g/mol. The SMILES string of the molecule is N[C@H](c1c(F)ccc(Cl)c1Cl)C(F)(F)C(F)(F)F. The lowest BCUT2D eigenvalue weighted by Crippen LogP contribution is -2.46. The molecule has 9 heteroatoms. The van der Waals surface area contributed by atoms with Gasteiger partial charge < -0.3 is 5.73 Å². The Morgan fingerprint density at radius 1 is 1.06 bits per heavy atom. The van der Waals surface area contributed by atoms with Crippen molar-refractivity contribution >= 4 is 23.2 Å². The van der Waals surface area contributed by atoms with Crippen LogP contribution in [0.5, 0.6) is 0 Å². The fourth-order valence-electron chi connectivity index (χ4n) is 1.19. The van der Waals surface area contributed by atoms with Crippen molar-refractivity contribution < 1.29 is 26.3 Å². The molecule has 18 heavy (non-hydrogen) atoms. The Balaban J connectivity index is 3.36. The topological polar surface area (TPSA) is 26.0 Å². The summed E-state index contributed by atoms with van der Waals surface area (Å²) in [4.78, 5) is 0.